The number of hydrogen-bond acceptors (Lipinski definition) is 3. The van der Waals surface area contributed by atoms with Crippen LogP contribution in [0, 0.1) is 5.92 Å². The number of hydrogen-bond donors (Lipinski definition) is 1. The number of rotatable bonds is 6. The van der Waals surface area contributed by atoms with Crippen molar-refractivity contribution in [2.75, 3.05) is 13.2 Å². The highest BCUT2D eigenvalue weighted by Crippen LogP contribution is 2.44. The van der Waals surface area contributed by atoms with Crippen LogP contribution < -0.4 is 5.32 Å². The van der Waals surface area contributed by atoms with E-state index in [0.29, 0.717) is 36.8 Å². The van der Waals surface area contributed by atoms with Crippen LogP contribution in [0.5, 0.6) is 0 Å². The van der Waals surface area contributed by atoms with Gasteiger partial charge in [0.05, 0.1) is 12.2 Å². The SMILES string of the molecule is O=C(C[C@@H]1COCC[C@H]1NC1CCCCC1)c1ccc(C(F)(F)F)cc1C1CC1. The summed E-state index contributed by atoms with van der Waals surface area (Å²) < 4.78 is 45.0. The maximum atomic E-state index is 13.1. The Morgan fingerprint density at radius 2 is 1.83 bits per heavy atom. The van der Waals surface area contributed by atoms with Crippen LogP contribution in [-0.2, 0) is 10.9 Å². The van der Waals surface area contributed by atoms with Crippen molar-refractivity contribution in [2.24, 2.45) is 5.92 Å². The molecule has 1 N–H and O–H groups in total. The van der Waals surface area contributed by atoms with Crippen LogP contribution in [0.1, 0.15) is 85.2 Å². The summed E-state index contributed by atoms with van der Waals surface area (Å²) in [6.07, 6.45) is 4.72. The van der Waals surface area contributed by atoms with Crippen LogP contribution >= 0.6 is 0 Å². The average molecular weight is 409 g/mol. The number of ketones is 1. The van der Waals surface area contributed by atoms with Crippen molar-refractivity contribution in [1.29, 1.82) is 0 Å². The molecule has 1 heterocycles. The van der Waals surface area contributed by atoms with Crippen LogP contribution in [0.2, 0.25) is 0 Å². The molecule has 2 saturated carbocycles. The summed E-state index contributed by atoms with van der Waals surface area (Å²) in [6.45, 7) is 1.23. The topological polar surface area (TPSA) is 38.3 Å². The van der Waals surface area contributed by atoms with E-state index in [1.165, 1.54) is 44.2 Å². The van der Waals surface area contributed by atoms with Crippen molar-refractivity contribution < 1.29 is 22.7 Å². The van der Waals surface area contributed by atoms with Gasteiger partial charge in [-0.2, -0.15) is 13.2 Å². The van der Waals surface area contributed by atoms with Crippen molar-refractivity contribution in [3.8, 4) is 0 Å². The van der Waals surface area contributed by atoms with Gasteiger partial charge in [0.1, 0.15) is 0 Å². The van der Waals surface area contributed by atoms with Crippen molar-refractivity contribution in [3.05, 3.63) is 34.9 Å². The molecule has 6 heteroatoms. The van der Waals surface area contributed by atoms with Crippen LogP contribution in [0.3, 0.4) is 0 Å². The first-order valence-electron chi connectivity index (χ1n) is 11.0. The fourth-order valence-electron chi connectivity index (χ4n) is 4.86. The molecule has 3 aliphatic rings. The number of halogens is 3. The van der Waals surface area contributed by atoms with E-state index in [-0.39, 0.29) is 23.7 Å². The van der Waals surface area contributed by atoms with E-state index in [0.717, 1.165) is 25.3 Å². The normalized spacial score (nSPS) is 26.4. The smallest absolute Gasteiger partial charge is 0.381 e. The van der Waals surface area contributed by atoms with E-state index in [9.17, 15) is 18.0 Å². The second-order valence-electron chi connectivity index (χ2n) is 8.93. The first-order valence-corrected chi connectivity index (χ1v) is 11.0. The number of Topliss-reactive ketones (excluding diaryl/α,β-unsaturated/α-hetero) is 1. The fraction of sp³-hybridized carbons (Fsp3) is 0.696. The summed E-state index contributed by atoms with van der Waals surface area (Å²) in [4.78, 5) is 13.1. The van der Waals surface area contributed by atoms with E-state index in [1.54, 1.807) is 0 Å². The van der Waals surface area contributed by atoms with E-state index in [1.807, 2.05) is 0 Å². The van der Waals surface area contributed by atoms with Gasteiger partial charge in [0.25, 0.3) is 0 Å². The van der Waals surface area contributed by atoms with Gasteiger partial charge in [-0.05, 0) is 55.7 Å². The Morgan fingerprint density at radius 1 is 1.07 bits per heavy atom. The Hall–Kier alpha value is -1.40. The largest absolute Gasteiger partial charge is 0.416 e. The average Bonchev–Trinajstić information content (AvgIpc) is 3.54. The van der Waals surface area contributed by atoms with Crippen molar-refractivity contribution in [2.45, 2.75) is 82.0 Å². The second kappa shape index (κ2) is 8.76. The minimum absolute atomic E-state index is 0.0495. The molecule has 3 nitrogen and oxygen atoms in total. The Balaban J connectivity index is 1.47. The first kappa shape index (κ1) is 20.9. The van der Waals surface area contributed by atoms with Gasteiger partial charge in [0, 0.05) is 36.6 Å². The molecule has 2 aliphatic carbocycles. The summed E-state index contributed by atoms with van der Waals surface area (Å²) in [5, 5.41) is 3.76. The van der Waals surface area contributed by atoms with Crippen LogP contribution in [0.4, 0.5) is 13.2 Å². The molecule has 4 rings (SSSR count). The molecule has 0 aromatic heterocycles. The van der Waals surface area contributed by atoms with E-state index in [4.69, 9.17) is 4.74 Å². The van der Waals surface area contributed by atoms with E-state index in [2.05, 4.69) is 5.32 Å². The predicted octanol–water partition coefficient (Wildman–Crippen LogP) is 5.48. The summed E-state index contributed by atoms with van der Waals surface area (Å²) in [7, 11) is 0. The van der Waals surface area contributed by atoms with Gasteiger partial charge < -0.3 is 10.1 Å². The van der Waals surface area contributed by atoms with Crippen molar-refractivity contribution in [3.63, 3.8) is 0 Å². The highest BCUT2D eigenvalue weighted by Gasteiger charge is 2.36. The summed E-state index contributed by atoms with van der Waals surface area (Å²) in [5.74, 6) is 0.120. The predicted molar refractivity (Wildman–Crippen MR) is 105 cm³/mol. The number of benzene rings is 1. The molecular weight excluding hydrogens is 379 g/mol. The molecule has 0 unspecified atom stereocenters. The van der Waals surface area contributed by atoms with Gasteiger partial charge >= 0.3 is 6.18 Å². The first-order chi connectivity index (χ1) is 13.9. The molecule has 29 heavy (non-hydrogen) atoms. The Bertz CT molecular complexity index is 723. The van der Waals surface area contributed by atoms with E-state index < -0.39 is 11.7 Å². The molecule has 2 atom stereocenters. The van der Waals surface area contributed by atoms with Gasteiger partial charge in [-0.15, -0.1) is 0 Å². The zero-order valence-corrected chi connectivity index (χ0v) is 16.8. The quantitative estimate of drug-likeness (QED) is 0.632. The molecule has 1 aliphatic heterocycles. The van der Waals surface area contributed by atoms with Crippen molar-refractivity contribution in [1.82, 2.24) is 5.32 Å². The third-order valence-electron chi connectivity index (χ3n) is 6.67. The number of alkyl halides is 3. The summed E-state index contributed by atoms with van der Waals surface area (Å²) >= 11 is 0. The lowest BCUT2D eigenvalue weighted by atomic mass is 9.85. The van der Waals surface area contributed by atoms with Crippen molar-refractivity contribution >= 4 is 5.78 Å². The Morgan fingerprint density at radius 3 is 2.52 bits per heavy atom. The van der Waals surface area contributed by atoms with Crippen LogP contribution in [-0.4, -0.2) is 31.1 Å². The minimum Gasteiger partial charge on any atom is -0.381 e. The Labute approximate surface area is 170 Å². The van der Waals surface area contributed by atoms with Gasteiger partial charge in [-0.25, -0.2) is 0 Å². The molecule has 1 aromatic rings. The highest BCUT2D eigenvalue weighted by atomic mass is 19.4. The molecular formula is C23H30F3NO2. The van der Waals surface area contributed by atoms with Crippen LogP contribution in [0.25, 0.3) is 0 Å². The van der Waals surface area contributed by atoms with Gasteiger partial charge in [-0.1, -0.05) is 25.3 Å². The molecule has 3 fully saturated rings. The monoisotopic (exact) mass is 409 g/mol. The lowest BCUT2D eigenvalue weighted by Gasteiger charge is -2.36. The third kappa shape index (κ3) is 5.21. The molecule has 0 radical (unpaired) electrons. The zero-order valence-electron chi connectivity index (χ0n) is 16.8. The van der Waals surface area contributed by atoms with Gasteiger partial charge in [-0.3, -0.25) is 4.79 Å². The third-order valence-corrected chi connectivity index (χ3v) is 6.67. The number of carbonyl (C=O) groups is 1. The maximum Gasteiger partial charge on any atom is 0.416 e. The summed E-state index contributed by atoms with van der Waals surface area (Å²) in [6, 6.07) is 4.40. The summed E-state index contributed by atoms with van der Waals surface area (Å²) in [5.41, 5.74) is 0.398. The maximum absolute atomic E-state index is 13.1. The molecule has 0 spiro atoms. The standard InChI is InChI=1S/C23H30F3NO2/c24-23(25,26)17-8-9-19(20(13-17)15-6-7-15)22(28)12-16-14-29-11-10-21(16)27-18-4-2-1-3-5-18/h8-9,13,15-16,18,21,27H,1-7,10-12,14H2/t16-,21-/m1/s1. The van der Waals surface area contributed by atoms with Crippen LogP contribution in [0.15, 0.2) is 18.2 Å². The molecule has 1 aromatic carbocycles. The number of ether oxygens (including phenoxy) is 1. The minimum atomic E-state index is -4.38. The van der Waals surface area contributed by atoms with Gasteiger partial charge in [0.15, 0.2) is 5.78 Å². The molecule has 0 bridgehead atoms. The number of nitrogens with one attached hydrogen (secondary N) is 1. The second-order valence-corrected chi connectivity index (χ2v) is 8.93. The Kier molecular flexibility index (Phi) is 6.30. The van der Waals surface area contributed by atoms with Gasteiger partial charge in [0.2, 0.25) is 0 Å². The zero-order chi connectivity index (χ0) is 20.4. The lowest BCUT2D eigenvalue weighted by Crippen LogP contribution is -2.48. The number of carbonyl (C=O) groups excluding carboxylic acids is 1. The molecule has 0 amide bonds. The molecule has 1 saturated heterocycles. The lowest BCUT2D eigenvalue weighted by molar-refractivity contribution is -0.137. The highest BCUT2D eigenvalue weighted by molar-refractivity contribution is 5.98. The fourth-order valence-corrected chi connectivity index (χ4v) is 4.86. The van der Waals surface area contributed by atoms with E-state index >= 15 is 0 Å². The molecule has 160 valence electrons.